The van der Waals surface area contributed by atoms with Gasteiger partial charge in [-0.25, -0.2) is 5.48 Å². The molecule has 1 aromatic heterocycles. The highest BCUT2D eigenvalue weighted by Crippen LogP contribution is 2.36. The van der Waals surface area contributed by atoms with E-state index in [0.29, 0.717) is 31.6 Å². The molecule has 3 aromatic rings. The quantitative estimate of drug-likeness (QED) is 0.467. The first-order valence-electron chi connectivity index (χ1n) is 9.28. The van der Waals surface area contributed by atoms with Crippen molar-refractivity contribution >= 4 is 22.6 Å². The van der Waals surface area contributed by atoms with E-state index in [0.717, 1.165) is 10.9 Å². The van der Waals surface area contributed by atoms with E-state index in [1.807, 2.05) is 18.2 Å². The summed E-state index contributed by atoms with van der Waals surface area (Å²) >= 11 is 0. The predicted molar refractivity (Wildman–Crippen MR) is 108 cm³/mol. The number of rotatable bonds is 3. The molecule has 0 aliphatic carbocycles. The number of benzene rings is 2. The number of hydrogen-bond donors (Lipinski definition) is 3. The van der Waals surface area contributed by atoms with Crippen LogP contribution in [0.4, 0.5) is 0 Å². The molecular formula is C22H23N3O4. The van der Waals surface area contributed by atoms with Gasteiger partial charge in [-0.2, -0.15) is 0 Å². The summed E-state index contributed by atoms with van der Waals surface area (Å²) in [6.07, 6.45) is 4.25. The van der Waals surface area contributed by atoms with Crippen LogP contribution in [0.25, 0.3) is 10.8 Å². The molecule has 0 radical (unpaired) electrons. The van der Waals surface area contributed by atoms with Crippen LogP contribution in [0.3, 0.4) is 0 Å². The number of amides is 2. The molecule has 0 saturated carbocycles. The highest BCUT2D eigenvalue weighted by Gasteiger charge is 2.40. The zero-order chi connectivity index (χ0) is 20.7. The van der Waals surface area contributed by atoms with Gasteiger partial charge in [-0.1, -0.05) is 42.5 Å². The summed E-state index contributed by atoms with van der Waals surface area (Å²) in [7, 11) is 0. The number of nitrogens with zero attached hydrogens (tertiary/aromatic N) is 1. The number of fused-ring (bicyclic) bond motifs is 1. The first kappa shape index (κ1) is 20.4. The van der Waals surface area contributed by atoms with Gasteiger partial charge in [0.1, 0.15) is 0 Å². The molecule has 2 aromatic carbocycles. The third kappa shape index (κ3) is 4.59. The lowest BCUT2D eigenvalue weighted by Gasteiger charge is -2.34. The Morgan fingerprint density at radius 1 is 1.03 bits per heavy atom. The summed E-state index contributed by atoms with van der Waals surface area (Å²) in [6, 6.07) is 17.5. The molecule has 150 valence electrons. The monoisotopic (exact) mass is 393 g/mol. The molecule has 1 saturated heterocycles. The Kier molecular flexibility index (Phi) is 6.54. The average Bonchev–Trinajstić information content (AvgIpc) is 2.79. The second-order valence-electron chi connectivity index (χ2n) is 6.80. The number of carbonyl (C=O) groups is 2. The van der Waals surface area contributed by atoms with Gasteiger partial charge in [0.05, 0.1) is 11.0 Å². The molecular weight excluding hydrogens is 370 g/mol. The van der Waals surface area contributed by atoms with Crippen molar-refractivity contribution in [1.82, 2.24) is 10.5 Å². The summed E-state index contributed by atoms with van der Waals surface area (Å²) in [4.78, 5) is 26.3. The maximum Gasteiger partial charge on any atom is 0.276 e. The lowest BCUT2D eigenvalue weighted by Crippen LogP contribution is -2.45. The molecule has 2 amide bonds. The van der Waals surface area contributed by atoms with Crippen molar-refractivity contribution in [3.63, 3.8) is 0 Å². The molecule has 0 unspecified atom stereocenters. The van der Waals surface area contributed by atoms with Crippen LogP contribution in [-0.4, -0.2) is 35.2 Å². The molecule has 0 bridgehead atoms. The predicted octanol–water partition coefficient (Wildman–Crippen LogP) is 2.57. The number of hydroxylamine groups is 1. The van der Waals surface area contributed by atoms with Crippen LogP contribution in [0.5, 0.6) is 0 Å². The van der Waals surface area contributed by atoms with Crippen molar-refractivity contribution < 1.29 is 19.5 Å². The van der Waals surface area contributed by atoms with Crippen LogP contribution >= 0.6 is 0 Å². The molecule has 7 nitrogen and oxygen atoms in total. The fourth-order valence-electron chi connectivity index (χ4n) is 3.45. The summed E-state index contributed by atoms with van der Waals surface area (Å²) in [5.41, 5.74) is 7.97. The Labute approximate surface area is 168 Å². The number of carbonyl (C=O) groups excluding carboxylic acids is 2. The average molecular weight is 393 g/mol. The van der Waals surface area contributed by atoms with E-state index in [4.69, 9.17) is 15.7 Å². The molecule has 1 aliphatic rings. The number of hydrogen-bond acceptors (Lipinski definition) is 5. The molecule has 2 heterocycles. The Balaban J connectivity index is 0.000000204. The molecule has 4 rings (SSSR count). The fourth-order valence-corrected chi connectivity index (χ4v) is 3.45. The van der Waals surface area contributed by atoms with E-state index in [1.165, 1.54) is 17.1 Å². The zero-order valence-electron chi connectivity index (χ0n) is 15.9. The third-order valence-corrected chi connectivity index (χ3v) is 5.15. The van der Waals surface area contributed by atoms with Crippen LogP contribution in [-0.2, 0) is 14.9 Å². The highest BCUT2D eigenvalue weighted by molar-refractivity contribution is 5.93. The van der Waals surface area contributed by atoms with Crippen LogP contribution in [0.2, 0.25) is 0 Å². The van der Waals surface area contributed by atoms with E-state index in [1.54, 1.807) is 18.3 Å². The number of ether oxygens (including phenoxy) is 1. The van der Waals surface area contributed by atoms with Gasteiger partial charge in [-0.3, -0.25) is 19.8 Å². The smallest absolute Gasteiger partial charge is 0.276 e. The van der Waals surface area contributed by atoms with Crippen LogP contribution < -0.4 is 11.2 Å². The largest absolute Gasteiger partial charge is 0.381 e. The van der Waals surface area contributed by atoms with E-state index >= 15 is 0 Å². The van der Waals surface area contributed by atoms with E-state index < -0.39 is 11.3 Å². The van der Waals surface area contributed by atoms with Gasteiger partial charge in [0.2, 0.25) is 5.91 Å². The zero-order valence-corrected chi connectivity index (χ0v) is 15.9. The molecule has 0 spiro atoms. The van der Waals surface area contributed by atoms with Crippen molar-refractivity contribution in [3.8, 4) is 0 Å². The third-order valence-electron chi connectivity index (χ3n) is 5.15. The van der Waals surface area contributed by atoms with E-state index in [-0.39, 0.29) is 5.91 Å². The van der Waals surface area contributed by atoms with Gasteiger partial charge in [0.15, 0.2) is 0 Å². The lowest BCUT2D eigenvalue weighted by atomic mass is 9.73. The molecule has 0 atom stereocenters. The van der Waals surface area contributed by atoms with Gasteiger partial charge in [-0.05, 0) is 41.3 Å². The van der Waals surface area contributed by atoms with Gasteiger partial charge >= 0.3 is 0 Å². The lowest BCUT2D eigenvalue weighted by molar-refractivity contribution is -0.127. The Morgan fingerprint density at radius 2 is 1.76 bits per heavy atom. The minimum Gasteiger partial charge on any atom is -0.381 e. The summed E-state index contributed by atoms with van der Waals surface area (Å²) in [5, 5.41) is 10.5. The van der Waals surface area contributed by atoms with Crippen molar-refractivity contribution in [2.45, 2.75) is 18.3 Å². The summed E-state index contributed by atoms with van der Waals surface area (Å²) in [6.45, 7) is 1.19. The Hall–Kier alpha value is -3.29. The van der Waals surface area contributed by atoms with Crippen LogP contribution in [0, 0.1) is 0 Å². The topological polar surface area (TPSA) is 115 Å². The first-order valence-corrected chi connectivity index (χ1v) is 9.28. The van der Waals surface area contributed by atoms with Gasteiger partial charge in [0.25, 0.3) is 5.91 Å². The number of pyridine rings is 1. The molecule has 4 N–H and O–H groups in total. The minimum absolute atomic E-state index is 0.244. The van der Waals surface area contributed by atoms with Crippen molar-refractivity contribution in [2.75, 3.05) is 13.2 Å². The molecule has 1 fully saturated rings. The fraction of sp³-hybridized carbons (Fsp3) is 0.227. The maximum atomic E-state index is 12.0. The molecule has 1 aliphatic heterocycles. The van der Waals surface area contributed by atoms with Crippen molar-refractivity contribution in [1.29, 1.82) is 0 Å². The van der Waals surface area contributed by atoms with Crippen LogP contribution in [0.15, 0.2) is 67.0 Å². The number of nitrogens with one attached hydrogen (secondary N) is 1. The Bertz CT molecular complexity index is 986. The molecule has 29 heavy (non-hydrogen) atoms. The highest BCUT2D eigenvalue weighted by atomic mass is 16.5. The van der Waals surface area contributed by atoms with Crippen LogP contribution in [0.1, 0.15) is 28.8 Å². The summed E-state index contributed by atoms with van der Waals surface area (Å²) < 4.78 is 5.38. The van der Waals surface area contributed by atoms with Gasteiger partial charge in [-0.15, -0.1) is 0 Å². The summed E-state index contributed by atoms with van der Waals surface area (Å²) in [5.74, 6) is -0.792. The standard InChI is InChI=1S/C16H17NO2.C6H6N2O2/c17-15(18)16(7-9-19-10-8-16)14-6-5-12-3-1-2-4-13(12)11-14;9-6(8-10)5-2-1-3-7-4-5/h1-6,11H,7-10H2,(H2,17,18);1-4,10H,(H,8,9). The second-order valence-corrected chi connectivity index (χ2v) is 6.80. The van der Waals surface area contributed by atoms with Gasteiger partial charge < -0.3 is 10.5 Å². The SMILES string of the molecule is NC(=O)C1(c2ccc3ccccc3c2)CCOCC1.O=C(NO)c1cccnc1. The number of nitrogens with two attached hydrogens (primary N) is 1. The second kappa shape index (κ2) is 9.27. The molecule has 7 heteroatoms. The normalized spacial score (nSPS) is 15.1. The van der Waals surface area contributed by atoms with E-state index in [9.17, 15) is 9.59 Å². The minimum atomic E-state index is -0.567. The van der Waals surface area contributed by atoms with Gasteiger partial charge in [0, 0.05) is 25.6 Å². The Morgan fingerprint density at radius 3 is 2.38 bits per heavy atom. The maximum absolute atomic E-state index is 12.0. The van der Waals surface area contributed by atoms with Crippen molar-refractivity contribution in [3.05, 3.63) is 78.1 Å². The van der Waals surface area contributed by atoms with Crippen molar-refractivity contribution in [2.24, 2.45) is 5.73 Å². The number of aromatic nitrogens is 1. The van der Waals surface area contributed by atoms with E-state index in [2.05, 4.69) is 29.2 Å². The first-order chi connectivity index (χ1) is 14.1. The number of primary amides is 1.